The molecule has 0 amide bonds. The summed E-state index contributed by atoms with van der Waals surface area (Å²) in [5, 5.41) is 0.975. The Balaban J connectivity index is 1.32. The molecule has 0 bridgehead atoms. The zero-order chi connectivity index (χ0) is 22.1. The molecule has 1 aliphatic heterocycles. The third-order valence-electron chi connectivity index (χ3n) is 6.87. The van der Waals surface area contributed by atoms with Crippen molar-refractivity contribution in [2.75, 3.05) is 24.6 Å². The maximum atomic E-state index is 12.8. The lowest BCUT2D eigenvalue weighted by atomic mass is 9.98. The first-order valence-corrected chi connectivity index (χ1v) is 11.6. The van der Waals surface area contributed by atoms with Crippen LogP contribution in [0.1, 0.15) is 55.8 Å². The smallest absolute Gasteiger partial charge is 0.252 e. The van der Waals surface area contributed by atoms with Crippen LogP contribution in [0.25, 0.3) is 11.0 Å². The highest BCUT2D eigenvalue weighted by atomic mass is 16.5. The Labute approximate surface area is 187 Å². The normalized spacial score (nSPS) is 17.9. The number of anilines is 1. The molecular formula is C24H30N6O2. The minimum atomic E-state index is 0.0571. The molecule has 1 aliphatic carbocycles. The summed E-state index contributed by atoms with van der Waals surface area (Å²) in [6.07, 6.45) is 11.7. The zero-order valence-electron chi connectivity index (χ0n) is 18.8. The number of nitrogens with zero attached hydrogens (tertiary/aromatic N) is 6. The van der Waals surface area contributed by atoms with E-state index < -0.39 is 0 Å². The largest absolute Gasteiger partial charge is 0.476 e. The summed E-state index contributed by atoms with van der Waals surface area (Å²) in [6.45, 7) is 6.27. The standard InChI is InChI=1S/C24H30N6O2/c1-16-13-21(31)30(19-5-3-4-6-19)22-20(16)14-27-24(28-22)29-11-7-18(8-12-29)15-32-23-17(2)25-9-10-26-23/h9-10,13-14,18-19H,3-8,11-12,15H2,1-2H3. The topological polar surface area (TPSA) is 86.0 Å². The molecule has 0 spiro atoms. The Morgan fingerprint density at radius 3 is 2.53 bits per heavy atom. The van der Waals surface area contributed by atoms with Crippen molar-refractivity contribution in [2.45, 2.75) is 58.4 Å². The van der Waals surface area contributed by atoms with E-state index in [0.717, 1.165) is 67.0 Å². The minimum absolute atomic E-state index is 0.0571. The fraction of sp³-hybridized carbons (Fsp3) is 0.542. The summed E-state index contributed by atoms with van der Waals surface area (Å²) in [7, 11) is 0. The molecule has 1 saturated heterocycles. The van der Waals surface area contributed by atoms with Crippen LogP contribution in [0, 0.1) is 19.8 Å². The number of rotatable bonds is 5. The van der Waals surface area contributed by atoms with Gasteiger partial charge in [-0.15, -0.1) is 0 Å². The van der Waals surface area contributed by atoms with Crippen molar-refractivity contribution >= 4 is 17.0 Å². The molecule has 0 aromatic carbocycles. The number of pyridine rings is 1. The van der Waals surface area contributed by atoms with Crippen molar-refractivity contribution in [3.63, 3.8) is 0 Å². The van der Waals surface area contributed by atoms with E-state index in [-0.39, 0.29) is 11.6 Å². The van der Waals surface area contributed by atoms with Gasteiger partial charge in [0.1, 0.15) is 5.65 Å². The van der Waals surface area contributed by atoms with Crippen molar-refractivity contribution in [3.8, 4) is 5.88 Å². The van der Waals surface area contributed by atoms with Crippen molar-refractivity contribution < 1.29 is 4.74 Å². The molecule has 3 aromatic heterocycles. The number of aryl methyl sites for hydroxylation is 2. The van der Waals surface area contributed by atoms with E-state index in [1.807, 2.05) is 24.6 Å². The van der Waals surface area contributed by atoms with Gasteiger partial charge < -0.3 is 9.64 Å². The van der Waals surface area contributed by atoms with Gasteiger partial charge in [0.05, 0.1) is 12.3 Å². The quantitative estimate of drug-likeness (QED) is 0.606. The van der Waals surface area contributed by atoms with Crippen LogP contribution in [0.15, 0.2) is 29.5 Å². The van der Waals surface area contributed by atoms with E-state index in [9.17, 15) is 4.79 Å². The number of hydrogen-bond acceptors (Lipinski definition) is 7. The number of piperidine rings is 1. The lowest BCUT2D eigenvalue weighted by Crippen LogP contribution is -2.37. The molecule has 0 N–H and O–H groups in total. The monoisotopic (exact) mass is 434 g/mol. The SMILES string of the molecule is Cc1nccnc1OCC1CCN(c2ncc3c(C)cc(=O)n(C4CCCC4)c3n2)CC1. The Kier molecular flexibility index (Phi) is 5.76. The first-order chi connectivity index (χ1) is 15.6. The number of ether oxygens (including phenoxy) is 1. The summed E-state index contributed by atoms with van der Waals surface area (Å²) in [4.78, 5) is 33.2. The van der Waals surface area contributed by atoms with Crippen LogP contribution in [0.4, 0.5) is 5.95 Å². The van der Waals surface area contributed by atoms with E-state index in [1.165, 1.54) is 12.8 Å². The van der Waals surface area contributed by atoms with Crippen LogP contribution in [0.5, 0.6) is 5.88 Å². The second-order valence-electron chi connectivity index (χ2n) is 9.07. The van der Waals surface area contributed by atoms with Gasteiger partial charge in [-0.3, -0.25) is 14.3 Å². The van der Waals surface area contributed by atoms with Crippen LogP contribution < -0.4 is 15.2 Å². The van der Waals surface area contributed by atoms with E-state index in [0.29, 0.717) is 18.4 Å². The summed E-state index contributed by atoms with van der Waals surface area (Å²) in [6, 6.07) is 1.98. The Hall–Kier alpha value is -3.03. The van der Waals surface area contributed by atoms with Crippen molar-refractivity contribution in [2.24, 2.45) is 5.92 Å². The van der Waals surface area contributed by atoms with Crippen LogP contribution in [0.2, 0.25) is 0 Å². The van der Waals surface area contributed by atoms with Crippen molar-refractivity contribution in [3.05, 3.63) is 46.3 Å². The van der Waals surface area contributed by atoms with Gasteiger partial charge in [-0.1, -0.05) is 12.8 Å². The second-order valence-corrected chi connectivity index (χ2v) is 9.07. The number of aromatic nitrogens is 5. The summed E-state index contributed by atoms with van der Waals surface area (Å²) in [5.74, 6) is 1.80. The van der Waals surface area contributed by atoms with E-state index in [2.05, 4.69) is 19.9 Å². The first kappa shape index (κ1) is 20.8. The Morgan fingerprint density at radius 1 is 1.03 bits per heavy atom. The lowest BCUT2D eigenvalue weighted by Gasteiger charge is -2.32. The third-order valence-corrected chi connectivity index (χ3v) is 6.87. The predicted molar refractivity (Wildman–Crippen MR) is 123 cm³/mol. The lowest BCUT2D eigenvalue weighted by molar-refractivity contribution is 0.213. The van der Waals surface area contributed by atoms with Gasteiger partial charge in [0, 0.05) is 49.2 Å². The average Bonchev–Trinajstić information content (AvgIpc) is 3.33. The maximum absolute atomic E-state index is 12.8. The van der Waals surface area contributed by atoms with Crippen molar-refractivity contribution in [1.82, 2.24) is 24.5 Å². The molecule has 5 rings (SSSR count). The van der Waals surface area contributed by atoms with Crippen LogP contribution >= 0.6 is 0 Å². The molecule has 1 saturated carbocycles. The molecule has 8 nitrogen and oxygen atoms in total. The molecule has 2 aliphatic rings. The van der Waals surface area contributed by atoms with E-state index in [1.54, 1.807) is 18.5 Å². The fourth-order valence-corrected chi connectivity index (χ4v) is 4.96. The van der Waals surface area contributed by atoms with Gasteiger partial charge >= 0.3 is 0 Å². The molecule has 32 heavy (non-hydrogen) atoms. The van der Waals surface area contributed by atoms with Crippen LogP contribution in [-0.4, -0.2) is 44.2 Å². The zero-order valence-corrected chi connectivity index (χ0v) is 18.8. The predicted octanol–water partition coefficient (Wildman–Crippen LogP) is 3.61. The van der Waals surface area contributed by atoms with E-state index in [4.69, 9.17) is 9.72 Å². The Bertz CT molecular complexity index is 1160. The highest BCUT2D eigenvalue weighted by Gasteiger charge is 2.25. The van der Waals surface area contributed by atoms with Gasteiger partial charge in [0.15, 0.2) is 0 Å². The minimum Gasteiger partial charge on any atom is -0.476 e. The fourth-order valence-electron chi connectivity index (χ4n) is 4.96. The molecule has 0 unspecified atom stereocenters. The molecule has 3 aromatic rings. The van der Waals surface area contributed by atoms with Crippen LogP contribution in [-0.2, 0) is 0 Å². The molecule has 0 atom stereocenters. The maximum Gasteiger partial charge on any atom is 0.252 e. The third kappa shape index (κ3) is 4.06. The van der Waals surface area contributed by atoms with E-state index >= 15 is 0 Å². The summed E-state index contributed by atoms with van der Waals surface area (Å²) in [5.41, 5.74) is 2.61. The molecule has 0 radical (unpaired) electrons. The molecule has 4 heterocycles. The van der Waals surface area contributed by atoms with Gasteiger partial charge in [0.25, 0.3) is 5.56 Å². The molecular weight excluding hydrogens is 404 g/mol. The molecule has 2 fully saturated rings. The number of hydrogen-bond donors (Lipinski definition) is 0. The van der Waals surface area contributed by atoms with Crippen molar-refractivity contribution in [1.29, 1.82) is 0 Å². The highest BCUT2D eigenvalue weighted by Crippen LogP contribution is 2.31. The second kappa shape index (κ2) is 8.84. The van der Waals surface area contributed by atoms with Crippen LogP contribution in [0.3, 0.4) is 0 Å². The molecule has 168 valence electrons. The highest BCUT2D eigenvalue weighted by molar-refractivity contribution is 5.79. The summed E-state index contributed by atoms with van der Waals surface area (Å²) >= 11 is 0. The first-order valence-electron chi connectivity index (χ1n) is 11.6. The van der Waals surface area contributed by atoms with Gasteiger partial charge in [-0.05, 0) is 51.0 Å². The Morgan fingerprint density at radius 2 is 1.78 bits per heavy atom. The summed E-state index contributed by atoms with van der Waals surface area (Å²) < 4.78 is 7.83. The van der Waals surface area contributed by atoms with Gasteiger partial charge in [-0.25, -0.2) is 9.97 Å². The number of fused-ring (bicyclic) bond motifs is 1. The van der Waals surface area contributed by atoms with Gasteiger partial charge in [-0.2, -0.15) is 4.98 Å². The van der Waals surface area contributed by atoms with Gasteiger partial charge in [0.2, 0.25) is 11.8 Å². The molecule has 8 heteroatoms. The average molecular weight is 435 g/mol.